The topological polar surface area (TPSA) is 70.1 Å². The molecule has 6 nitrogen and oxygen atoms in total. The molecular weight excluding hydrogens is 256 g/mol. The zero-order chi connectivity index (χ0) is 13.4. The minimum Gasteiger partial charge on any atom is -0.480 e. The van der Waals surface area contributed by atoms with Gasteiger partial charge in [-0.05, 0) is 12.2 Å². The van der Waals surface area contributed by atoms with Crippen LogP contribution in [-0.2, 0) is 9.53 Å². The van der Waals surface area contributed by atoms with E-state index in [4.69, 9.17) is 9.84 Å². The maximum Gasteiger partial charge on any atom is 0.323 e. The van der Waals surface area contributed by atoms with E-state index in [1.54, 1.807) is 4.90 Å². The van der Waals surface area contributed by atoms with Crippen molar-refractivity contribution in [2.24, 2.45) is 0 Å². The highest BCUT2D eigenvalue weighted by atomic mass is 32.2. The van der Waals surface area contributed by atoms with Crippen molar-refractivity contribution in [3.63, 3.8) is 0 Å². The second-order valence-electron chi connectivity index (χ2n) is 4.04. The lowest BCUT2D eigenvalue weighted by molar-refractivity contribution is -0.137. The van der Waals surface area contributed by atoms with E-state index in [1.807, 2.05) is 11.8 Å². The Bertz CT molecular complexity index is 280. The van der Waals surface area contributed by atoms with Crippen molar-refractivity contribution in [2.75, 3.05) is 51.4 Å². The first-order valence-corrected chi connectivity index (χ1v) is 7.13. The molecule has 7 heteroatoms. The molecule has 1 saturated heterocycles. The number of carboxylic acids is 1. The van der Waals surface area contributed by atoms with Gasteiger partial charge in [0.25, 0.3) is 0 Å². The Morgan fingerprint density at radius 2 is 2.17 bits per heavy atom. The van der Waals surface area contributed by atoms with Crippen LogP contribution in [0.1, 0.15) is 6.42 Å². The van der Waals surface area contributed by atoms with E-state index in [0.29, 0.717) is 26.2 Å². The van der Waals surface area contributed by atoms with Gasteiger partial charge in [0, 0.05) is 32.5 Å². The summed E-state index contributed by atoms with van der Waals surface area (Å²) in [7, 11) is 1.53. The summed E-state index contributed by atoms with van der Waals surface area (Å²) in [5.41, 5.74) is 0. The normalized spacial score (nSPS) is 16.2. The van der Waals surface area contributed by atoms with Crippen LogP contribution in [0, 0.1) is 0 Å². The number of aliphatic carboxylic acids is 1. The Hall–Kier alpha value is -0.950. The first-order chi connectivity index (χ1) is 8.65. The third-order valence-corrected chi connectivity index (χ3v) is 3.70. The van der Waals surface area contributed by atoms with Crippen LogP contribution >= 0.6 is 11.8 Å². The summed E-state index contributed by atoms with van der Waals surface area (Å²) >= 11 is 1.83. The van der Waals surface area contributed by atoms with Crippen molar-refractivity contribution in [3.8, 4) is 0 Å². The van der Waals surface area contributed by atoms with Gasteiger partial charge < -0.3 is 19.6 Å². The summed E-state index contributed by atoms with van der Waals surface area (Å²) in [6, 6.07) is -0.197. The predicted molar refractivity (Wildman–Crippen MR) is 70.0 cm³/mol. The van der Waals surface area contributed by atoms with Crippen molar-refractivity contribution in [1.29, 1.82) is 0 Å². The van der Waals surface area contributed by atoms with E-state index in [0.717, 1.165) is 17.9 Å². The molecule has 104 valence electrons. The van der Waals surface area contributed by atoms with E-state index in [-0.39, 0.29) is 12.6 Å². The van der Waals surface area contributed by atoms with E-state index in [9.17, 15) is 9.59 Å². The molecule has 0 aliphatic carbocycles. The highest BCUT2D eigenvalue weighted by Crippen LogP contribution is 2.11. The minimum atomic E-state index is -0.997. The number of nitrogens with zero attached hydrogens (tertiary/aromatic N) is 2. The first kappa shape index (κ1) is 15.1. The van der Waals surface area contributed by atoms with Crippen LogP contribution in [-0.4, -0.2) is 78.3 Å². The predicted octanol–water partition coefficient (Wildman–Crippen LogP) is 0.578. The molecule has 1 rings (SSSR count). The minimum absolute atomic E-state index is 0.197. The summed E-state index contributed by atoms with van der Waals surface area (Å²) in [6.07, 6.45) is 0.960. The van der Waals surface area contributed by atoms with Gasteiger partial charge >= 0.3 is 12.0 Å². The molecule has 1 heterocycles. The van der Waals surface area contributed by atoms with Crippen molar-refractivity contribution >= 4 is 23.8 Å². The highest BCUT2D eigenvalue weighted by Gasteiger charge is 2.23. The molecule has 2 amide bonds. The number of carboxylic acid groups (broad SMARTS) is 1. The molecule has 1 N–H and O–H groups in total. The Balaban J connectivity index is 2.57. The van der Waals surface area contributed by atoms with Gasteiger partial charge in [-0.25, -0.2) is 4.79 Å². The van der Waals surface area contributed by atoms with E-state index >= 15 is 0 Å². The lowest BCUT2D eigenvalue weighted by Gasteiger charge is -2.28. The third kappa shape index (κ3) is 5.14. The van der Waals surface area contributed by atoms with Crippen molar-refractivity contribution < 1.29 is 19.4 Å². The highest BCUT2D eigenvalue weighted by molar-refractivity contribution is 7.99. The first-order valence-electron chi connectivity index (χ1n) is 5.97. The SMILES string of the molecule is COCCN(CC(=O)O)C(=O)N1CCCSCC1. The maximum absolute atomic E-state index is 12.2. The Morgan fingerprint density at radius 1 is 1.39 bits per heavy atom. The number of thioether (sulfide) groups is 1. The molecule has 0 atom stereocenters. The van der Waals surface area contributed by atoms with Gasteiger partial charge in [-0.1, -0.05) is 0 Å². The van der Waals surface area contributed by atoms with Crippen LogP contribution in [0.3, 0.4) is 0 Å². The number of carbonyl (C=O) groups is 2. The number of ether oxygens (including phenoxy) is 1. The van der Waals surface area contributed by atoms with Crippen LogP contribution < -0.4 is 0 Å². The molecule has 18 heavy (non-hydrogen) atoms. The maximum atomic E-state index is 12.2. The fraction of sp³-hybridized carbons (Fsp3) is 0.818. The van der Waals surface area contributed by atoms with Gasteiger partial charge in [-0.15, -0.1) is 0 Å². The van der Waals surface area contributed by atoms with Crippen LogP contribution in [0.2, 0.25) is 0 Å². The van der Waals surface area contributed by atoms with Crippen molar-refractivity contribution in [3.05, 3.63) is 0 Å². The fourth-order valence-corrected chi connectivity index (χ4v) is 2.63. The number of urea groups is 1. The lowest BCUT2D eigenvalue weighted by atomic mass is 10.4. The van der Waals surface area contributed by atoms with Crippen LogP contribution in [0.15, 0.2) is 0 Å². The van der Waals surface area contributed by atoms with E-state index < -0.39 is 5.97 Å². The number of carbonyl (C=O) groups excluding carboxylic acids is 1. The molecule has 0 unspecified atom stereocenters. The molecule has 0 aromatic heterocycles. The third-order valence-electron chi connectivity index (χ3n) is 2.65. The quantitative estimate of drug-likeness (QED) is 0.795. The molecule has 0 saturated carbocycles. The van der Waals surface area contributed by atoms with Gasteiger partial charge in [0.2, 0.25) is 0 Å². The zero-order valence-electron chi connectivity index (χ0n) is 10.6. The van der Waals surface area contributed by atoms with Gasteiger partial charge in [0.1, 0.15) is 6.54 Å². The van der Waals surface area contributed by atoms with Crippen molar-refractivity contribution in [2.45, 2.75) is 6.42 Å². The molecule has 0 aromatic carbocycles. The standard InChI is InChI=1S/C11H20N2O4S/c1-17-6-4-13(9-10(14)15)11(16)12-3-2-7-18-8-5-12/h2-9H2,1H3,(H,14,15). The Morgan fingerprint density at radius 3 is 2.83 bits per heavy atom. The monoisotopic (exact) mass is 276 g/mol. The van der Waals surface area contributed by atoms with Crippen LogP contribution in [0.25, 0.3) is 0 Å². The molecule has 0 spiro atoms. The summed E-state index contributed by atoms with van der Waals surface area (Å²) in [5, 5.41) is 8.83. The number of hydrogen-bond acceptors (Lipinski definition) is 4. The zero-order valence-corrected chi connectivity index (χ0v) is 11.4. The van der Waals surface area contributed by atoms with Crippen LogP contribution in [0.5, 0.6) is 0 Å². The average molecular weight is 276 g/mol. The molecular formula is C11H20N2O4S. The number of hydrogen-bond donors (Lipinski definition) is 1. The van der Waals surface area contributed by atoms with E-state index in [2.05, 4.69) is 0 Å². The summed E-state index contributed by atoms with van der Waals surface area (Å²) in [6.45, 7) is 1.78. The van der Waals surface area contributed by atoms with E-state index in [1.165, 1.54) is 12.0 Å². The molecule has 1 aliphatic rings. The molecule has 1 aliphatic heterocycles. The van der Waals surface area contributed by atoms with Gasteiger partial charge in [0.05, 0.1) is 6.61 Å². The second-order valence-corrected chi connectivity index (χ2v) is 5.27. The van der Waals surface area contributed by atoms with Gasteiger partial charge in [-0.2, -0.15) is 11.8 Å². The number of methoxy groups -OCH3 is 1. The molecule has 0 radical (unpaired) electrons. The summed E-state index contributed by atoms with van der Waals surface area (Å²) in [4.78, 5) is 26.1. The second kappa shape index (κ2) is 8.20. The molecule has 0 aromatic rings. The lowest BCUT2D eigenvalue weighted by Crippen LogP contribution is -2.47. The summed E-state index contributed by atoms with van der Waals surface area (Å²) < 4.78 is 4.91. The van der Waals surface area contributed by atoms with Crippen molar-refractivity contribution in [1.82, 2.24) is 9.80 Å². The smallest absolute Gasteiger partial charge is 0.323 e. The summed E-state index contributed by atoms with van der Waals surface area (Å²) in [5.74, 6) is 0.973. The Labute approximate surface area is 111 Å². The van der Waals surface area contributed by atoms with Gasteiger partial charge in [-0.3, -0.25) is 4.79 Å². The largest absolute Gasteiger partial charge is 0.480 e. The number of rotatable bonds is 5. The van der Waals surface area contributed by atoms with Gasteiger partial charge in [0.15, 0.2) is 0 Å². The Kier molecular flexibility index (Phi) is 6.89. The molecule has 0 bridgehead atoms. The fourth-order valence-electron chi connectivity index (χ4n) is 1.74. The molecule has 1 fully saturated rings. The van der Waals surface area contributed by atoms with Crippen LogP contribution in [0.4, 0.5) is 4.79 Å². The number of amides is 2. The average Bonchev–Trinajstić information content (AvgIpc) is 2.61.